The Bertz CT molecular complexity index is 472. The Morgan fingerprint density at radius 2 is 2.11 bits per heavy atom. The number of rotatable bonds is 7. The molecule has 0 radical (unpaired) electrons. The molecule has 0 heterocycles. The molecular formula is C12H20N2O3S. The number of anilines is 1. The fourth-order valence-corrected chi connectivity index (χ4v) is 2.86. The van der Waals surface area contributed by atoms with E-state index in [9.17, 15) is 8.42 Å². The minimum atomic E-state index is -3.20. The molecule has 0 aromatic heterocycles. The van der Waals surface area contributed by atoms with Crippen molar-refractivity contribution in [2.75, 3.05) is 24.6 Å². The molecule has 0 saturated heterocycles. The highest BCUT2D eigenvalue weighted by atomic mass is 32.2. The number of hydrogen-bond donors (Lipinski definition) is 2. The number of ether oxygens (including phenoxy) is 1. The average molecular weight is 272 g/mol. The molecule has 0 amide bonds. The Kier molecular flexibility index (Phi) is 5.43. The van der Waals surface area contributed by atoms with Gasteiger partial charge in [-0.05, 0) is 18.1 Å². The van der Waals surface area contributed by atoms with Crippen molar-refractivity contribution in [2.45, 2.75) is 13.8 Å². The molecule has 3 N–H and O–H groups in total. The molecule has 1 rings (SSSR count). The van der Waals surface area contributed by atoms with Crippen LogP contribution >= 0.6 is 0 Å². The molecule has 0 bridgehead atoms. The van der Waals surface area contributed by atoms with E-state index in [1.54, 1.807) is 24.3 Å². The van der Waals surface area contributed by atoms with Gasteiger partial charge in [0.05, 0.1) is 5.75 Å². The average Bonchev–Trinajstić information content (AvgIpc) is 2.23. The van der Waals surface area contributed by atoms with Crippen LogP contribution < -0.4 is 15.2 Å². The summed E-state index contributed by atoms with van der Waals surface area (Å²) in [6.45, 7) is 4.26. The van der Waals surface area contributed by atoms with E-state index in [-0.39, 0.29) is 24.8 Å². The second-order valence-electron chi connectivity index (χ2n) is 4.49. The number of nitrogens with two attached hydrogens (primary N) is 1. The van der Waals surface area contributed by atoms with Crippen molar-refractivity contribution in [3.63, 3.8) is 0 Å². The van der Waals surface area contributed by atoms with Gasteiger partial charge in [-0.25, -0.2) is 13.1 Å². The van der Waals surface area contributed by atoms with Crippen molar-refractivity contribution in [3.8, 4) is 5.75 Å². The third-order valence-corrected chi connectivity index (χ3v) is 3.85. The third-order valence-electron chi connectivity index (χ3n) is 2.10. The summed E-state index contributed by atoms with van der Waals surface area (Å²) in [4.78, 5) is 0. The number of nitrogen functional groups attached to an aromatic ring is 1. The van der Waals surface area contributed by atoms with Gasteiger partial charge in [0, 0.05) is 18.3 Å². The number of nitrogens with one attached hydrogen (secondary N) is 1. The van der Waals surface area contributed by atoms with Gasteiger partial charge < -0.3 is 10.5 Å². The van der Waals surface area contributed by atoms with Gasteiger partial charge in [0.1, 0.15) is 12.4 Å². The van der Waals surface area contributed by atoms with Gasteiger partial charge >= 0.3 is 0 Å². The minimum absolute atomic E-state index is 0.109. The zero-order chi connectivity index (χ0) is 13.6. The topological polar surface area (TPSA) is 81.4 Å². The quantitative estimate of drug-likeness (QED) is 0.577. The minimum Gasteiger partial charge on any atom is -0.492 e. The summed E-state index contributed by atoms with van der Waals surface area (Å²) >= 11 is 0. The van der Waals surface area contributed by atoms with Crippen molar-refractivity contribution < 1.29 is 13.2 Å². The largest absolute Gasteiger partial charge is 0.492 e. The second-order valence-corrected chi connectivity index (χ2v) is 6.34. The Morgan fingerprint density at radius 3 is 2.72 bits per heavy atom. The Hall–Kier alpha value is -1.27. The monoisotopic (exact) mass is 272 g/mol. The van der Waals surface area contributed by atoms with Crippen LogP contribution in [0.1, 0.15) is 13.8 Å². The Labute approximate surface area is 108 Å². The maximum atomic E-state index is 11.5. The zero-order valence-electron chi connectivity index (χ0n) is 10.7. The van der Waals surface area contributed by atoms with Crippen LogP contribution in [-0.4, -0.2) is 27.3 Å². The van der Waals surface area contributed by atoms with Gasteiger partial charge in [0.15, 0.2) is 0 Å². The van der Waals surface area contributed by atoms with E-state index in [1.807, 2.05) is 13.8 Å². The van der Waals surface area contributed by atoms with Gasteiger partial charge in [-0.2, -0.15) is 0 Å². The van der Waals surface area contributed by atoms with Gasteiger partial charge in [-0.1, -0.05) is 19.9 Å². The molecule has 102 valence electrons. The van der Waals surface area contributed by atoms with Crippen molar-refractivity contribution in [1.82, 2.24) is 4.72 Å². The normalized spacial score (nSPS) is 11.7. The first-order valence-electron chi connectivity index (χ1n) is 5.85. The molecule has 1 aromatic rings. The van der Waals surface area contributed by atoms with Crippen molar-refractivity contribution >= 4 is 15.7 Å². The summed E-state index contributed by atoms with van der Waals surface area (Å²) in [5, 5.41) is 0. The molecule has 0 aliphatic heterocycles. The van der Waals surface area contributed by atoms with Gasteiger partial charge in [-0.15, -0.1) is 0 Å². The van der Waals surface area contributed by atoms with Crippen LogP contribution in [0.4, 0.5) is 5.69 Å². The molecular weight excluding hydrogens is 252 g/mol. The highest BCUT2D eigenvalue weighted by Crippen LogP contribution is 2.13. The van der Waals surface area contributed by atoms with Crippen molar-refractivity contribution in [1.29, 1.82) is 0 Å². The van der Waals surface area contributed by atoms with Crippen LogP contribution in [0.25, 0.3) is 0 Å². The summed E-state index contributed by atoms with van der Waals surface area (Å²) in [6.07, 6.45) is 0. The molecule has 0 unspecified atom stereocenters. The van der Waals surface area contributed by atoms with Crippen molar-refractivity contribution in [3.05, 3.63) is 24.3 Å². The van der Waals surface area contributed by atoms with Gasteiger partial charge in [0.2, 0.25) is 10.0 Å². The molecule has 1 aromatic carbocycles. The van der Waals surface area contributed by atoms with E-state index >= 15 is 0 Å². The van der Waals surface area contributed by atoms with Crippen LogP contribution in [0, 0.1) is 5.92 Å². The number of sulfonamides is 1. The third kappa shape index (κ3) is 5.88. The zero-order valence-corrected chi connectivity index (χ0v) is 11.5. The Morgan fingerprint density at radius 1 is 1.39 bits per heavy atom. The fraction of sp³-hybridized carbons (Fsp3) is 0.500. The summed E-state index contributed by atoms with van der Waals surface area (Å²) < 4.78 is 30.9. The lowest BCUT2D eigenvalue weighted by molar-refractivity contribution is 0.323. The van der Waals surface area contributed by atoms with E-state index in [4.69, 9.17) is 10.5 Å². The summed E-state index contributed by atoms with van der Waals surface area (Å²) in [5.41, 5.74) is 6.21. The summed E-state index contributed by atoms with van der Waals surface area (Å²) in [5.74, 6) is 0.876. The van der Waals surface area contributed by atoms with Crippen LogP contribution in [0.5, 0.6) is 5.75 Å². The predicted molar refractivity (Wildman–Crippen MR) is 73.0 cm³/mol. The van der Waals surface area contributed by atoms with Crippen LogP contribution in [0.15, 0.2) is 24.3 Å². The smallest absolute Gasteiger partial charge is 0.211 e. The highest BCUT2D eigenvalue weighted by molar-refractivity contribution is 7.89. The standard InChI is InChI=1S/C12H20N2O3S/c1-10(2)9-18(15,16)14-6-7-17-12-5-3-4-11(13)8-12/h3-5,8,10,14H,6-7,9,13H2,1-2H3. The molecule has 0 spiro atoms. The molecule has 0 saturated carbocycles. The molecule has 0 aliphatic carbocycles. The number of hydrogen-bond acceptors (Lipinski definition) is 4. The molecule has 6 heteroatoms. The first-order valence-corrected chi connectivity index (χ1v) is 7.50. The van der Waals surface area contributed by atoms with Crippen LogP contribution in [-0.2, 0) is 10.0 Å². The first-order chi connectivity index (χ1) is 8.39. The lowest BCUT2D eigenvalue weighted by Gasteiger charge is -2.10. The van der Waals surface area contributed by atoms with E-state index in [0.29, 0.717) is 11.4 Å². The van der Waals surface area contributed by atoms with Gasteiger partial charge in [-0.3, -0.25) is 0 Å². The van der Waals surface area contributed by atoms with Crippen molar-refractivity contribution in [2.24, 2.45) is 5.92 Å². The van der Waals surface area contributed by atoms with Crippen LogP contribution in [0.2, 0.25) is 0 Å². The molecule has 5 nitrogen and oxygen atoms in total. The molecule has 0 fully saturated rings. The maximum absolute atomic E-state index is 11.5. The number of benzene rings is 1. The Balaban J connectivity index is 2.31. The van der Waals surface area contributed by atoms with Gasteiger partial charge in [0.25, 0.3) is 0 Å². The second kappa shape index (κ2) is 6.61. The fourth-order valence-electron chi connectivity index (χ4n) is 1.47. The maximum Gasteiger partial charge on any atom is 0.211 e. The molecule has 0 aliphatic rings. The first kappa shape index (κ1) is 14.8. The van der Waals surface area contributed by atoms with E-state index in [2.05, 4.69) is 4.72 Å². The van der Waals surface area contributed by atoms with E-state index < -0.39 is 10.0 Å². The van der Waals surface area contributed by atoms with E-state index in [0.717, 1.165) is 0 Å². The summed E-state index contributed by atoms with van der Waals surface area (Å²) in [7, 11) is -3.20. The van der Waals surface area contributed by atoms with Crippen LogP contribution in [0.3, 0.4) is 0 Å². The summed E-state index contributed by atoms with van der Waals surface area (Å²) in [6, 6.07) is 7.02. The predicted octanol–water partition coefficient (Wildman–Crippen LogP) is 1.22. The van der Waals surface area contributed by atoms with E-state index in [1.165, 1.54) is 0 Å². The SMILES string of the molecule is CC(C)CS(=O)(=O)NCCOc1cccc(N)c1. The molecule has 18 heavy (non-hydrogen) atoms. The molecule has 0 atom stereocenters. The lowest BCUT2D eigenvalue weighted by Crippen LogP contribution is -2.31. The lowest BCUT2D eigenvalue weighted by atomic mass is 10.3. The highest BCUT2D eigenvalue weighted by Gasteiger charge is 2.11.